The summed E-state index contributed by atoms with van der Waals surface area (Å²) >= 11 is 0. The van der Waals surface area contributed by atoms with Gasteiger partial charge in [0.1, 0.15) is 0 Å². The second-order valence-corrected chi connectivity index (χ2v) is 5.67. The van der Waals surface area contributed by atoms with Gasteiger partial charge in [-0.25, -0.2) is 4.79 Å². The van der Waals surface area contributed by atoms with Crippen molar-refractivity contribution in [3.05, 3.63) is 0 Å². The molecule has 0 spiro atoms. The zero-order valence-corrected chi connectivity index (χ0v) is 11.2. The lowest BCUT2D eigenvalue weighted by Crippen LogP contribution is -2.50. The van der Waals surface area contributed by atoms with Crippen LogP contribution in [-0.2, 0) is 4.74 Å². The minimum atomic E-state index is 0.222. The SMILES string of the molecule is CN1C2CCC1CN(C(=O)N1CCOCC1)CC2. The Kier molecular flexibility index (Phi) is 3.43. The number of rotatable bonds is 0. The van der Waals surface area contributed by atoms with Crippen molar-refractivity contribution in [1.29, 1.82) is 0 Å². The second kappa shape index (κ2) is 5.05. The molecule has 5 nitrogen and oxygen atoms in total. The normalized spacial score (nSPS) is 33.6. The van der Waals surface area contributed by atoms with Crippen molar-refractivity contribution in [2.75, 3.05) is 46.4 Å². The molecule has 0 aromatic carbocycles. The molecule has 2 amide bonds. The Morgan fingerprint density at radius 1 is 1.00 bits per heavy atom. The van der Waals surface area contributed by atoms with E-state index in [1.54, 1.807) is 0 Å². The monoisotopic (exact) mass is 253 g/mol. The lowest BCUT2D eigenvalue weighted by Gasteiger charge is -2.33. The highest BCUT2D eigenvalue weighted by molar-refractivity contribution is 5.74. The Balaban J connectivity index is 1.63. The first-order chi connectivity index (χ1) is 8.75. The fourth-order valence-electron chi connectivity index (χ4n) is 3.44. The quantitative estimate of drug-likeness (QED) is 0.634. The van der Waals surface area contributed by atoms with Crippen molar-refractivity contribution >= 4 is 6.03 Å². The van der Waals surface area contributed by atoms with Crippen LogP contribution in [0.25, 0.3) is 0 Å². The largest absolute Gasteiger partial charge is 0.378 e. The average molecular weight is 253 g/mol. The summed E-state index contributed by atoms with van der Waals surface area (Å²) in [5, 5.41) is 0. The standard InChI is InChI=1S/C13H23N3O2/c1-14-11-2-3-12(14)10-16(5-4-11)13(17)15-6-8-18-9-7-15/h11-12H,2-10H2,1H3. The lowest BCUT2D eigenvalue weighted by molar-refractivity contribution is 0.0426. The van der Waals surface area contributed by atoms with E-state index in [0.29, 0.717) is 25.3 Å². The Morgan fingerprint density at radius 2 is 1.72 bits per heavy atom. The van der Waals surface area contributed by atoms with Gasteiger partial charge in [0, 0.05) is 38.3 Å². The van der Waals surface area contributed by atoms with Crippen LogP contribution in [0.3, 0.4) is 0 Å². The third kappa shape index (κ3) is 2.21. The first-order valence-corrected chi connectivity index (χ1v) is 7.09. The van der Waals surface area contributed by atoms with E-state index in [9.17, 15) is 4.79 Å². The summed E-state index contributed by atoms with van der Waals surface area (Å²) in [5.41, 5.74) is 0. The minimum Gasteiger partial charge on any atom is -0.378 e. The van der Waals surface area contributed by atoms with Crippen molar-refractivity contribution < 1.29 is 9.53 Å². The zero-order chi connectivity index (χ0) is 12.5. The maximum atomic E-state index is 12.5. The fourth-order valence-corrected chi connectivity index (χ4v) is 3.44. The van der Waals surface area contributed by atoms with E-state index in [4.69, 9.17) is 4.74 Å². The van der Waals surface area contributed by atoms with Gasteiger partial charge in [0.15, 0.2) is 0 Å². The van der Waals surface area contributed by atoms with Crippen LogP contribution < -0.4 is 0 Å². The number of ether oxygens (including phenoxy) is 1. The van der Waals surface area contributed by atoms with Gasteiger partial charge in [-0.1, -0.05) is 0 Å². The molecule has 2 bridgehead atoms. The molecule has 3 rings (SSSR count). The molecule has 0 N–H and O–H groups in total. The number of amides is 2. The maximum absolute atomic E-state index is 12.5. The van der Waals surface area contributed by atoms with E-state index in [1.165, 1.54) is 12.8 Å². The molecule has 0 aliphatic carbocycles. The zero-order valence-electron chi connectivity index (χ0n) is 11.2. The molecule has 3 aliphatic rings. The lowest BCUT2D eigenvalue weighted by atomic mass is 10.1. The van der Waals surface area contributed by atoms with Gasteiger partial charge < -0.3 is 14.5 Å². The summed E-state index contributed by atoms with van der Waals surface area (Å²) in [6.45, 7) is 4.69. The van der Waals surface area contributed by atoms with Crippen molar-refractivity contribution in [3.63, 3.8) is 0 Å². The summed E-state index contributed by atoms with van der Waals surface area (Å²) in [7, 11) is 2.21. The molecule has 2 atom stereocenters. The predicted molar refractivity (Wildman–Crippen MR) is 68.6 cm³/mol. The van der Waals surface area contributed by atoms with Crippen LogP contribution in [0.5, 0.6) is 0 Å². The van der Waals surface area contributed by atoms with Crippen LogP contribution in [0, 0.1) is 0 Å². The fraction of sp³-hybridized carbons (Fsp3) is 0.923. The van der Waals surface area contributed by atoms with E-state index in [1.807, 2.05) is 4.90 Å². The molecule has 102 valence electrons. The molecule has 0 aromatic rings. The maximum Gasteiger partial charge on any atom is 0.320 e. The third-order valence-electron chi connectivity index (χ3n) is 4.70. The van der Waals surface area contributed by atoms with Gasteiger partial charge in [-0.15, -0.1) is 0 Å². The molecule has 0 radical (unpaired) electrons. The highest BCUT2D eigenvalue weighted by Crippen LogP contribution is 2.28. The summed E-state index contributed by atoms with van der Waals surface area (Å²) < 4.78 is 5.31. The summed E-state index contributed by atoms with van der Waals surface area (Å²) in [4.78, 5) is 19.0. The van der Waals surface area contributed by atoms with Crippen LogP contribution in [0.4, 0.5) is 4.79 Å². The minimum absolute atomic E-state index is 0.222. The number of urea groups is 1. The molecule has 3 saturated heterocycles. The number of fused-ring (bicyclic) bond motifs is 2. The van der Waals surface area contributed by atoms with Crippen LogP contribution in [0.1, 0.15) is 19.3 Å². The van der Waals surface area contributed by atoms with Gasteiger partial charge in [-0.2, -0.15) is 0 Å². The predicted octanol–water partition coefficient (Wildman–Crippen LogP) is 0.607. The van der Waals surface area contributed by atoms with Crippen LogP contribution in [0.15, 0.2) is 0 Å². The third-order valence-corrected chi connectivity index (χ3v) is 4.70. The highest BCUT2D eigenvalue weighted by atomic mass is 16.5. The first-order valence-electron chi connectivity index (χ1n) is 7.09. The van der Waals surface area contributed by atoms with Gasteiger partial charge in [-0.05, 0) is 26.3 Å². The first kappa shape index (κ1) is 12.2. The van der Waals surface area contributed by atoms with Crippen molar-refractivity contribution in [1.82, 2.24) is 14.7 Å². The molecular weight excluding hydrogens is 230 g/mol. The summed E-state index contributed by atoms with van der Waals surface area (Å²) in [6, 6.07) is 1.49. The number of likely N-dealkylation sites (tertiary alicyclic amines) is 1. The van der Waals surface area contributed by atoms with Crippen molar-refractivity contribution in [3.8, 4) is 0 Å². The molecule has 3 heterocycles. The number of carbonyl (C=O) groups is 1. The topological polar surface area (TPSA) is 36.0 Å². The smallest absolute Gasteiger partial charge is 0.320 e. The van der Waals surface area contributed by atoms with E-state index >= 15 is 0 Å². The highest BCUT2D eigenvalue weighted by Gasteiger charge is 2.37. The summed E-state index contributed by atoms with van der Waals surface area (Å²) in [6.07, 6.45) is 3.68. The van der Waals surface area contributed by atoms with Gasteiger partial charge in [0.25, 0.3) is 0 Å². The van der Waals surface area contributed by atoms with Gasteiger partial charge in [0.2, 0.25) is 0 Å². The summed E-state index contributed by atoms with van der Waals surface area (Å²) in [5.74, 6) is 0. The number of carbonyl (C=O) groups excluding carboxylic acids is 1. The van der Waals surface area contributed by atoms with Crippen LogP contribution in [-0.4, -0.2) is 79.3 Å². The van der Waals surface area contributed by atoms with E-state index in [2.05, 4.69) is 16.8 Å². The Bertz CT molecular complexity index is 317. The molecule has 2 unspecified atom stereocenters. The number of likely N-dealkylation sites (N-methyl/N-ethyl adjacent to an activating group) is 1. The van der Waals surface area contributed by atoms with E-state index < -0.39 is 0 Å². The second-order valence-electron chi connectivity index (χ2n) is 5.67. The number of hydrogen-bond acceptors (Lipinski definition) is 3. The van der Waals surface area contributed by atoms with E-state index in [0.717, 1.165) is 32.6 Å². The van der Waals surface area contributed by atoms with Crippen LogP contribution in [0.2, 0.25) is 0 Å². The average Bonchev–Trinajstić information content (AvgIpc) is 2.64. The van der Waals surface area contributed by atoms with Gasteiger partial charge >= 0.3 is 6.03 Å². The number of hydrogen-bond donors (Lipinski definition) is 0. The van der Waals surface area contributed by atoms with E-state index in [-0.39, 0.29) is 6.03 Å². The van der Waals surface area contributed by atoms with Crippen LogP contribution >= 0.6 is 0 Å². The molecule has 3 fully saturated rings. The molecular formula is C13H23N3O2. The molecule has 0 saturated carbocycles. The Hall–Kier alpha value is -0.810. The Morgan fingerprint density at radius 3 is 2.50 bits per heavy atom. The number of nitrogens with zero attached hydrogens (tertiary/aromatic N) is 3. The number of morpholine rings is 1. The Labute approximate surface area is 109 Å². The van der Waals surface area contributed by atoms with Gasteiger partial charge in [0.05, 0.1) is 13.2 Å². The molecule has 3 aliphatic heterocycles. The molecule has 0 aromatic heterocycles. The van der Waals surface area contributed by atoms with Crippen molar-refractivity contribution in [2.24, 2.45) is 0 Å². The molecule has 18 heavy (non-hydrogen) atoms. The molecule has 5 heteroatoms. The van der Waals surface area contributed by atoms with Crippen molar-refractivity contribution in [2.45, 2.75) is 31.3 Å². The van der Waals surface area contributed by atoms with Gasteiger partial charge in [-0.3, -0.25) is 4.90 Å².